The van der Waals surface area contributed by atoms with E-state index in [2.05, 4.69) is 15.3 Å². The maximum absolute atomic E-state index is 12.9. The molecule has 0 spiro atoms. The van der Waals surface area contributed by atoms with E-state index in [0.717, 1.165) is 24.1 Å². The molecule has 0 atom stereocenters. The van der Waals surface area contributed by atoms with Crippen molar-refractivity contribution in [1.29, 1.82) is 0 Å². The molecular formula is C19H18Cl2N4O2S2. The molecule has 152 valence electrons. The zero-order valence-corrected chi connectivity index (χ0v) is 18.5. The summed E-state index contributed by atoms with van der Waals surface area (Å²) in [5.41, 5.74) is 1.35. The third-order valence-electron chi connectivity index (χ3n) is 4.57. The summed E-state index contributed by atoms with van der Waals surface area (Å²) in [6.45, 7) is 1.17. The van der Waals surface area contributed by atoms with Gasteiger partial charge in [0, 0.05) is 25.0 Å². The van der Waals surface area contributed by atoms with Crippen LogP contribution in [0, 0.1) is 0 Å². The second-order valence-electron chi connectivity index (χ2n) is 6.60. The summed E-state index contributed by atoms with van der Waals surface area (Å²) in [6.07, 6.45) is 4.53. The predicted molar refractivity (Wildman–Crippen MR) is 118 cm³/mol. The van der Waals surface area contributed by atoms with Gasteiger partial charge < -0.3 is 5.32 Å². The number of aromatic nitrogens is 2. The monoisotopic (exact) mass is 468 g/mol. The average molecular weight is 469 g/mol. The summed E-state index contributed by atoms with van der Waals surface area (Å²) in [5, 5.41) is 3.98. The lowest BCUT2D eigenvalue weighted by Crippen LogP contribution is -2.35. The second kappa shape index (κ2) is 8.57. The number of benzene rings is 1. The maximum Gasteiger partial charge on any atom is 0.252 e. The van der Waals surface area contributed by atoms with Gasteiger partial charge in [-0.3, -0.25) is 0 Å². The molecule has 3 aromatic rings. The Kier molecular flexibility index (Phi) is 6.08. The lowest BCUT2D eigenvalue weighted by atomic mass is 10.2. The van der Waals surface area contributed by atoms with Crippen LogP contribution in [0.15, 0.2) is 46.8 Å². The minimum atomic E-state index is -3.45. The van der Waals surface area contributed by atoms with Crippen molar-refractivity contribution in [2.75, 3.05) is 18.4 Å². The first-order chi connectivity index (χ1) is 13.9. The molecule has 6 nitrogen and oxygen atoms in total. The van der Waals surface area contributed by atoms with Crippen molar-refractivity contribution >= 4 is 56.2 Å². The van der Waals surface area contributed by atoms with Crippen LogP contribution < -0.4 is 5.32 Å². The summed E-state index contributed by atoms with van der Waals surface area (Å²) in [5.74, 6) is 0.384. The number of hydrogen-bond acceptors (Lipinski definition) is 6. The van der Waals surface area contributed by atoms with Crippen LogP contribution in [0.5, 0.6) is 0 Å². The number of thiophene rings is 1. The molecule has 0 unspecified atom stereocenters. The minimum absolute atomic E-state index is 0.340. The first-order valence-corrected chi connectivity index (χ1v) is 12.1. The molecule has 0 amide bonds. The average Bonchev–Trinajstić information content (AvgIpc) is 3.23. The van der Waals surface area contributed by atoms with E-state index in [1.807, 2.05) is 0 Å². The van der Waals surface area contributed by atoms with E-state index in [1.165, 1.54) is 11.3 Å². The molecule has 0 radical (unpaired) electrons. The second-order valence-corrected chi connectivity index (χ2v) is 10.7. The molecule has 1 aliphatic heterocycles. The molecule has 29 heavy (non-hydrogen) atoms. The molecule has 0 aliphatic carbocycles. The zero-order valence-electron chi connectivity index (χ0n) is 15.3. The van der Waals surface area contributed by atoms with Crippen molar-refractivity contribution in [3.63, 3.8) is 0 Å². The lowest BCUT2D eigenvalue weighted by molar-refractivity contribution is 0.347. The van der Waals surface area contributed by atoms with Crippen molar-refractivity contribution in [1.82, 2.24) is 14.3 Å². The molecule has 1 fully saturated rings. The van der Waals surface area contributed by atoms with Gasteiger partial charge in [-0.25, -0.2) is 18.4 Å². The number of nitrogens with one attached hydrogen (secondary N) is 1. The Bertz CT molecular complexity index is 1130. The Balaban J connectivity index is 1.56. The number of piperidine rings is 1. The fourth-order valence-corrected chi connectivity index (χ4v) is 6.33. The number of nitrogens with zero attached hydrogens (tertiary/aromatic N) is 3. The Hall–Kier alpha value is -1.71. The first-order valence-electron chi connectivity index (χ1n) is 9.09. The molecule has 1 aromatic carbocycles. The molecule has 1 N–H and O–H groups in total. The van der Waals surface area contributed by atoms with Crippen molar-refractivity contribution in [3.8, 4) is 10.6 Å². The molecular weight excluding hydrogens is 451 g/mol. The van der Waals surface area contributed by atoms with E-state index < -0.39 is 10.0 Å². The van der Waals surface area contributed by atoms with Gasteiger partial charge in [0.2, 0.25) is 5.95 Å². The van der Waals surface area contributed by atoms with Crippen LogP contribution in [0.25, 0.3) is 10.6 Å². The van der Waals surface area contributed by atoms with E-state index in [9.17, 15) is 8.42 Å². The Morgan fingerprint density at radius 3 is 2.55 bits per heavy atom. The fourth-order valence-electron chi connectivity index (χ4n) is 3.09. The normalized spacial score (nSPS) is 15.4. The van der Waals surface area contributed by atoms with Crippen LogP contribution in [0.1, 0.15) is 19.3 Å². The van der Waals surface area contributed by atoms with E-state index >= 15 is 0 Å². The predicted octanol–water partition coefficient (Wildman–Crippen LogP) is 5.43. The third kappa shape index (κ3) is 4.57. The standard InChI is InChI=1S/C19H18Cl2N4O2S2/c20-14-5-4-13(12-15(14)21)23-19-22-9-8-16(24-19)17-6-7-18(28-17)29(26,27)25-10-2-1-3-11-25/h4-9,12H,1-3,10-11H2,(H,22,23,24). The lowest BCUT2D eigenvalue weighted by Gasteiger charge is -2.25. The van der Waals surface area contributed by atoms with Gasteiger partial charge in [-0.15, -0.1) is 11.3 Å². The largest absolute Gasteiger partial charge is 0.324 e. The third-order valence-corrected chi connectivity index (χ3v) is 8.79. The minimum Gasteiger partial charge on any atom is -0.324 e. The zero-order chi connectivity index (χ0) is 20.4. The summed E-state index contributed by atoms with van der Waals surface area (Å²) >= 11 is 13.2. The summed E-state index contributed by atoms with van der Waals surface area (Å²) in [6, 6.07) is 10.3. The Morgan fingerprint density at radius 1 is 1.00 bits per heavy atom. The Morgan fingerprint density at radius 2 is 1.79 bits per heavy atom. The van der Waals surface area contributed by atoms with Crippen LogP contribution in [0.3, 0.4) is 0 Å². The number of rotatable bonds is 5. The van der Waals surface area contributed by atoms with Crippen LogP contribution in [-0.2, 0) is 10.0 Å². The van der Waals surface area contributed by atoms with Gasteiger partial charge >= 0.3 is 0 Å². The highest BCUT2D eigenvalue weighted by Crippen LogP contribution is 2.33. The summed E-state index contributed by atoms with van der Waals surface area (Å²) in [7, 11) is -3.45. The molecule has 10 heteroatoms. The number of hydrogen-bond donors (Lipinski definition) is 1. The van der Waals surface area contributed by atoms with Gasteiger partial charge in [-0.1, -0.05) is 29.6 Å². The SMILES string of the molecule is O=S(=O)(c1ccc(-c2ccnc(Nc3ccc(Cl)c(Cl)c3)n2)s1)N1CCCCC1. The van der Waals surface area contributed by atoms with E-state index in [-0.39, 0.29) is 0 Å². The molecule has 1 saturated heterocycles. The maximum atomic E-state index is 12.9. The van der Waals surface area contributed by atoms with E-state index in [0.29, 0.717) is 44.7 Å². The van der Waals surface area contributed by atoms with Crippen LogP contribution in [0.4, 0.5) is 11.6 Å². The highest BCUT2D eigenvalue weighted by atomic mass is 35.5. The fraction of sp³-hybridized carbons (Fsp3) is 0.263. The quantitative estimate of drug-likeness (QED) is 0.539. The molecule has 4 rings (SSSR count). The molecule has 2 aromatic heterocycles. The first kappa shape index (κ1) is 20.6. The van der Waals surface area contributed by atoms with Crippen molar-refractivity contribution in [2.24, 2.45) is 0 Å². The van der Waals surface area contributed by atoms with Gasteiger partial charge in [-0.2, -0.15) is 4.31 Å². The van der Waals surface area contributed by atoms with Gasteiger partial charge in [-0.05, 0) is 49.2 Å². The highest BCUT2D eigenvalue weighted by Gasteiger charge is 2.27. The van der Waals surface area contributed by atoms with Gasteiger partial charge in [0.05, 0.1) is 20.6 Å². The van der Waals surface area contributed by atoms with Gasteiger partial charge in [0.1, 0.15) is 4.21 Å². The Labute approximate surface area is 183 Å². The van der Waals surface area contributed by atoms with E-state index in [4.69, 9.17) is 23.2 Å². The van der Waals surface area contributed by atoms with Crippen LogP contribution in [-0.4, -0.2) is 35.8 Å². The molecule has 3 heterocycles. The molecule has 0 saturated carbocycles. The van der Waals surface area contributed by atoms with Crippen molar-refractivity contribution < 1.29 is 8.42 Å². The van der Waals surface area contributed by atoms with Gasteiger partial charge in [0.15, 0.2) is 0 Å². The van der Waals surface area contributed by atoms with Gasteiger partial charge in [0.25, 0.3) is 10.0 Å². The molecule has 1 aliphatic rings. The van der Waals surface area contributed by atoms with E-state index in [1.54, 1.807) is 46.9 Å². The number of sulfonamides is 1. The van der Waals surface area contributed by atoms with Crippen LogP contribution >= 0.6 is 34.5 Å². The van der Waals surface area contributed by atoms with Crippen molar-refractivity contribution in [2.45, 2.75) is 23.5 Å². The molecule has 0 bridgehead atoms. The summed E-state index contributed by atoms with van der Waals surface area (Å²) in [4.78, 5) is 9.49. The number of anilines is 2. The number of halogens is 2. The topological polar surface area (TPSA) is 75.2 Å². The smallest absolute Gasteiger partial charge is 0.252 e. The van der Waals surface area contributed by atoms with Crippen molar-refractivity contribution in [3.05, 3.63) is 52.6 Å². The summed E-state index contributed by atoms with van der Waals surface area (Å²) < 4.78 is 27.6. The van der Waals surface area contributed by atoms with Crippen LogP contribution in [0.2, 0.25) is 10.0 Å². The highest BCUT2D eigenvalue weighted by molar-refractivity contribution is 7.91.